The van der Waals surface area contributed by atoms with Gasteiger partial charge in [-0.3, -0.25) is 4.57 Å². The molecule has 0 unspecified atom stereocenters. The van der Waals surface area contributed by atoms with Gasteiger partial charge in [0.05, 0.1) is 10.4 Å². The first-order chi connectivity index (χ1) is 11.2. The Labute approximate surface area is 139 Å². The second-order valence-corrected chi connectivity index (χ2v) is 7.55. The molecule has 0 atom stereocenters. The Morgan fingerprint density at radius 1 is 1.17 bits per heavy atom. The van der Waals surface area contributed by atoms with Gasteiger partial charge in [0.2, 0.25) is 0 Å². The summed E-state index contributed by atoms with van der Waals surface area (Å²) >= 11 is 1.60. The molecule has 1 aliphatic rings. The molecule has 1 saturated carbocycles. The minimum atomic E-state index is -0.274. The number of aldehydes is 1. The van der Waals surface area contributed by atoms with Gasteiger partial charge < -0.3 is 4.79 Å². The van der Waals surface area contributed by atoms with Crippen molar-refractivity contribution in [1.82, 2.24) is 9.55 Å². The topological polar surface area (TPSA) is 34.9 Å². The molecule has 1 aliphatic carbocycles. The highest BCUT2D eigenvalue weighted by Crippen LogP contribution is 2.46. The molecule has 0 radical (unpaired) electrons. The Kier molecular flexibility index (Phi) is 3.49. The number of hydrogen-bond acceptors (Lipinski definition) is 3. The summed E-state index contributed by atoms with van der Waals surface area (Å²) in [5, 5.41) is 3.36. The quantitative estimate of drug-likeness (QED) is 0.661. The molecule has 0 saturated heterocycles. The van der Waals surface area contributed by atoms with Crippen molar-refractivity contribution in [3.63, 3.8) is 0 Å². The molecule has 0 N–H and O–H groups in total. The van der Waals surface area contributed by atoms with E-state index in [1.54, 1.807) is 11.8 Å². The first-order valence-electron chi connectivity index (χ1n) is 7.90. The van der Waals surface area contributed by atoms with Crippen LogP contribution in [0.25, 0.3) is 16.5 Å². The van der Waals surface area contributed by atoms with Crippen molar-refractivity contribution in [2.75, 3.05) is 0 Å². The van der Waals surface area contributed by atoms with E-state index in [0.29, 0.717) is 0 Å². The molecule has 4 rings (SSSR count). The lowest BCUT2D eigenvalue weighted by atomic mass is 9.86. The van der Waals surface area contributed by atoms with Crippen molar-refractivity contribution in [3.05, 3.63) is 54.4 Å². The zero-order valence-corrected chi connectivity index (χ0v) is 13.8. The van der Waals surface area contributed by atoms with Crippen LogP contribution in [0.15, 0.2) is 53.9 Å². The molecule has 3 nitrogen and oxygen atoms in total. The second-order valence-electron chi connectivity index (χ2n) is 6.17. The van der Waals surface area contributed by atoms with Crippen LogP contribution < -0.4 is 0 Å². The normalized spacial score (nSPS) is 16.2. The van der Waals surface area contributed by atoms with Crippen molar-refractivity contribution >= 4 is 28.8 Å². The monoisotopic (exact) mass is 322 g/mol. The molecule has 3 aromatic rings. The van der Waals surface area contributed by atoms with Gasteiger partial charge in [-0.05, 0) is 43.2 Å². The molecule has 1 heterocycles. The fourth-order valence-electron chi connectivity index (χ4n) is 3.14. The molecular weight excluding hydrogens is 304 g/mol. The number of nitrogens with zero attached hydrogens (tertiary/aromatic N) is 2. The molecule has 0 aliphatic heterocycles. The molecule has 2 aromatic carbocycles. The summed E-state index contributed by atoms with van der Waals surface area (Å²) in [6.07, 6.45) is 7.92. The van der Waals surface area contributed by atoms with Gasteiger partial charge in [-0.15, -0.1) is 0 Å². The fourth-order valence-corrected chi connectivity index (χ4v) is 4.42. The zero-order valence-electron chi connectivity index (χ0n) is 13.0. The molecule has 0 amide bonds. The Balaban J connectivity index is 1.82. The number of benzene rings is 2. The maximum atomic E-state index is 11.5. The summed E-state index contributed by atoms with van der Waals surface area (Å²) in [7, 11) is 0. The number of fused-ring (bicyclic) bond motifs is 1. The SMILES string of the molecule is Cc1ccc(-n2ccnc2SC2(C=O)CCC2)c2ccccc12. The van der Waals surface area contributed by atoms with Gasteiger partial charge in [0.15, 0.2) is 5.16 Å². The third-order valence-corrected chi connectivity index (χ3v) is 6.09. The van der Waals surface area contributed by atoms with E-state index in [1.165, 1.54) is 16.3 Å². The Morgan fingerprint density at radius 2 is 1.96 bits per heavy atom. The van der Waals surface area contributed by atoms with E-state index in [-0.39, 0.29) is 4.75 Å². The number of carbonyl (C=O) groups excluding carboxylic acids is 1. The minimum Gasteiger partial charge on any atom is -0.302 e. The average molecular weight is 322 g/mol. The Bertz CT molecular complexity index is 880. The number of aryl methyl sites for hydroxylation is 1. The zero-order chi connectivity index (χ0) is 15.9. The Hall–Kier alpha value is -2.07. The van der Waals surface area contributed by atoms with Crippen LogP contribution in [0.5, 0.6) is 0 Å². The summed E-state index contributed by atoms with van der Waals surface area (Å²) < 4.78 is 1.83. The molecule has 4 heteroatoms. The van der Waals surface area contributed by atoms with Gasteiger partial charge in [-0.25, -0.2) is 4.98 Å². The van der Waals surface area contributed by atoms with Crippen molar-refractivity contribution in [3.8, 4) is 5.69 Å². The van der Waals surface area contributed by atoms with E-state index in [0.717, 1.165) is 36.4 Å². The van der Waals surface area contributed by atoms with Crippen LogP contribution >= 0.6 is 11.8 Å². The number of imidazole rings is 1. The average Bonchev–Trinajstić information content (AvgIpc) is 2.99. The smallest absolute Gasteiger partial charge is 0.173 e. The van der Waals surface area contributed by atoms with Crippen molar-refractivity contribution in [1.29, 1.82) is 0 Å². The molecule has 1 aromatic heterocycles. The number of thioether (sulfide) groups is 1. The van der Waals surface area contributed by atoms with E-state index in [2.05, 4.69) is 52.9 Å². The number of hydrogen-bond donors (Lipinski definition) is 0. The third-order valence-electron chi connectivity index (χ3n) is 4.69. The first-order valence-corrected chi connectivity index (χ1v) is 8.71. The molecule has 116 valence electrons. The minimum absolute atomic E-state index is 0.274. The summed E-state index contributed by atoms with van der Waals surface area (Å²) in [6, 6.07) is 12.7. The summed E-state index contributed by atoms with van der Waals surface area (Å²) in [5.41, 5.74) is 2.38. The van der Waals surface area contributed by atoms with Crippen LogP contribution in [0.1, 0.15) is 24.8 Å². The number of aromatic nitrogens is 2. The van der Waals surface area contributed by atoms with E-state index in [4.69, 9.17) is 0 Å². The van der Waals surface area contributed by atoms with E-state index in [9.17, 15) is 4.79 Å². The van der Waals surface area contributed by atoms with Crippen molar-refractivity contribution in [2.45, 2.75) is 36.1 Å². The summed E-state index contributed by atoms with van der Waals surface area (Å²) in [6.45, 7) is 2.13. The third kappa shape index (κ3) is 2.38. The van der Waals surface area contributed by atoms with E-state index >= 15 is 0 Å². The van der Waals surface area contributed by atoms with Crippen LogP contribution in [-0.4, -0.2) is 20.6 Å². The highest BCUT2D eigenvalue weighted by atomic mass is 32.2. The molecule has 0 spiro atoms. The van der Waals surface area contributed by atoms with Gasteiger partial charge in [0.25, 0.3) is 0 Å². The van der Waals surface area contributed by atoms with Crippen LogP contribution in [0.2, 0.25) is 0 Å². The predicted molar refractivity (Wildman–Crippen MR) is 94.3 cm³/mol. The maximum absolute atomic E-state index is 11.5. The van der Waals surface area contributed by atoms with E-state index < -0.39 is 0 Å². The van der Waals surface area contributed by atoms with Crippen LogP contribution in [0.3, 0.4) is 0 Å². The molecule has 0 bridgehead atoms. The van der Waals surface area contributed by atoms with Gasteiger partial charge in [-0.2, -0.15) is 0 Å². The van der Waals surface area contributed by atoms with Gasteiger partial charge in [-0.1, -0.05) is 42.1 Å². The van der Waals surface area contributed by atoms with E-state index in [1.807, 2.05) is 12.4 Å². The van der Waals surface area contributed by atoms with Crippen LogP contribution in [0, 0.1) is 6.92 Å². The molecular formula is C19H18N2OS. The van der Waals surface area contributed by atoms with Gasteiger partial charge in [0.1, 0.15) is 6.29 Å². The standard InChI is InChI=1S/C19H18N2OS/c1-14-7-8-17(16-6-3-2-5-15(14)16)21-12-11-20-18(21)23-19(13-22)9-4-10-19/h2-3,5-8,11-13H,4,9-10H2,1H3. The van der Waals surface area contributed by atoms with Crippen molar-refractivity contribution < 1.29 is 4.79 Å². The number of carbonyl (C=O) groups is 1. The lowest BCUT2D eigenvalue weighted by Crippen LogP contribution is -2.35. The number of rotatable bonds is 4. The van der Waals surface area contributed by atoms with Crippen LogP contribution in [0.4, 0.5) is 0 Å². The first kappa shape index (κ1) is 14.5. The predicted octanol–water partition coefficient (Wildman–Crippen LogP) is 4.55. The Morgan fingerprint density at radius 3 is 2.65 bits per heavy atom. The summed E-state index contributed by atoms with van der Waals surface area (Å²) in [5.74, 6) is 0. The fraction of sp³-hybridized carbons (Fsp3) is 0.263. The lowest BCUT2D eigenvalue weighted by molar-refractivity contribution is -0.111. The maximum Gasteiger partial charge on any atom is 0.173 e. The molecule has 23 heavy (non-hydrogen) atoms. The largest absolute Gasteiger partial charge is 0.302 e. The van der Waals surface area contributed by atoms with Gasteiger partial charge >= 0.3 is 0 Å². The second kappa shape index (κ2) is 5.53. The highest BCUT2D eigenvalue weighted by molar-refractivity contribution is 8.01. The lowest BCUT2D eigenvalue weighted by Gasteiger charge is -2.35. The van der Waals surface area contributed by atoms with Crippen LogP contribution in [-0.2, 0) is 4.79 Å². The molecule has 1 fully saturated rings. The summed E-state index contributed by atoms with van der Waals surface area (Å²) in [4.78, 5) is 16.0. The highest BCUT2D eigenvalue weighted by Gasteiger charge is 2.39. The van der Waals surface area contributed by atoms with Gasteiger partial charge in [0, 0.05) is 17.8 Å². The van der Waals surface area contributed by atoms with Crippen molar-refractivity contribution in [2.24, 2.45) is 0 Å².